The topological polar surface area (TPSA) is 80.9 Å². The van der Waals surface area contributed by atoms with Crippen LogP contribution < -0.4 is 14.8 Å². The molecule has 1 unspecified atom stereocenters. The third-order valence-corrected chi connectivity index (χ3v) is 4.00. The third kappa shape index (κ3) is 4.15. The highest BCUT2D eigenvalue weighted by atomic mass is 16.5. The van der Waals surface area contributed by atoms with Gasteiger partial charge in [-0.1, -0.05) is 24.3 Å². The zero-order valence-electron chi connectivity index (χ0n) is 14.7. The average Bonchev–Trinajstić information content (AvgIpc) is 3.10. The maximum absolute atomic E-state index is 12.0. The molecule has 0 aliphatic heterocycles. The first-order valence-corrected chi connectivity index (χ1v) is 8.23. The van der Waals surface area contributed by atoms with Gasteiger partial charge in [0.05, 0.1) is 13.7 Å². The summed E-state index contributed by atoms with van der Waals surface area (Å²) in [6, 6.07) is 16.3. The van der Waals surface area contributed by atoms with Crippen molar-refractivity contribution in [3.05, 3.63) is 60.4 Å². The molecule has 1 heterocycles. The lowest BCUT2D eigenvalue weighted by Crippen LogP contribution is -2.40. The number of nitrogens with one attached hydrogen (secondary N) is 1. The Morgan fingerprint density at radius 3 is 2.69 bits per heavy atom. The molecule has 6 nitrogen and oxygen atoms in total. The third-order valence-electron chi connectivity index (χ3n) is 4.00. The minimum atomic E-state index is -1.33. The predicted molar refractivity (Wildman–Crippen MR) is 97.3 cm³/mol. The van der Waals surface area contributed by atoms with E-state index in [0.717, 1.165) is 5.39 Å². The number of methoxy groups -OCH3 is 1. The molecule has 26 heavy (non-hydrogen) atoms. The lowest BCUT2D eigenvalue weighted by atomic mass is 10.0. The van der Waals surface area contributed by atoms with E-state index in [1.165, 1.54) is 0 Å². The number of carbonyl (C=O) groups excluding carboxylic acids is 1. The summed E-state index contributed by atoms with van der Waals surface area (Å²) < 4.78 is 16.2. The number of aliphatic hydroxyl groups is 1. The van der Waals surface area contributed by atoms with Crippen molar-refractivity contribution in [3.63, 3.8) is 0 Å². The van der Waals surface area contributed by atoms with Crippen molar-refractivity contribution in [1.29, 1.82) is 0 Å². The van der Waals surface area contributed by atoms with Crippen LogP contribution in [0.15, 0.2) is 59.0 Å². The number of benzene rings is 2. The van der Waals surface area contributed by atoms with Gasteiger partial charge in [-0.3, -0.25) is 4.79 Å². The molecule has 1 atom stereocenters. The SMILES string of the molecule is COc1cccc(OCC(=O)NCC(C)(O)c2cc3ccccc3o2)c1. The molecule has 2 N–H and O–H groups in total. The van der Waals surface area contributed by atoms with Crippen molar-refractivity contribution < 1.29 is 23.8 Å². The van der Waals surface area contributed by atoms with Gasteiger partial charge in [0, 0.05) is 11.5 Å². The van der Waals surface area contributed by atoms with Crippen LogP contribution >= 0.6 is 0 Å². The summed E-state index contributed by atoms with van der Waals surface area (Å²) in [6.45, 7) is 1.43. The standard InChI is InChI=1S/C20H21NO5/c1-20(23,18-10-14-6-3-4-9-17(14)26-18)13-21-19(22)12-25-16-8-5-7-15(11-16)24-2/h3-11,23H,12-13H2,1-2H3,(H,21,22). The summed E-state index contributed by atoms with van der Waals surface area (Å²) in [4.78, 5) is 12.0. The van der Waals surface area contributed by atoms with Crippen molar-refractivity contribution in [2.45, 2.75) is 12.5 Å². The molecule has 2 aromatic carbocycles. The molecular weight excluding hydrogens is 334 g/mol. The van der Waals surface area contributed by atoms with E-state index in [2.05, 4.69) is 5.32 Å². The van der Waals surface area contributed by atoms with Gasteiger partial charge in [-0.25, -0.2) is 0 Å². The molecule has 1 aromatic heterocycles. The maximum Gasteiger partial charge on any atom is 0.258 e. The largest absolute Gasteiger partial charge is 0.497 e. The van der Waals surface area contributed by atoms with E-state index in [9.17, 15) is 9.90 Å². The molecule has 0 spiro atoms. The summed E-state index contributed by atoms with van der Waals surface area (Å²) in [5.74, 6) is 1.23. The maximum atomic E-state index is 12.0. The number of carbonyl (C=O) groups is 1. The van der Waals surface area contributed by atoms with Crippen LogP contribution in [-0.4, -0.2) is 31.3 Å². The molecule has 0 bridgehead atoms. The Hall–Kier alpha value is -2.99. The van der Waals surface area contributed by atoms with Crippen LogP contribution in [0.5, 0.6) is 11.5 Å². The fourth-order valence-electron chi connectivity index (χ4n) is 2.50. The van der Waals surface area contributed by atoms with E-state index < -0.39 is 5.60 Å². The smallest absolute Gasteiger partial charge is 0.258 e. The summed E-state index contributed by atoms with van der Waals surface area (Å²) >= 11 is 0. The number of rotatable bonds is 7. The fraction of sp³-hybridized carbons (Fsp3) is 0.250. The normalized spacial score (nSPS) is 13.2. The van der Waals surface area contributed by atoms with Crippen molar-refractivity contribution in [1.82, 2.24) is 5.32 Å². The van der Waals surface area contributed by atoms with Gasteiger partial charge in [0.25, 0.3) is 5.91 Å². The van der Waals surface area contributed by atoms with Gasteiger partial charge in [0.15, 0.2) is 6.61 Å². The van der Waals surface area contributed by atoms with Gasteiger partial charge in [-0.05, 0) is 31.2 Å². The molecule has 0 radical (unpaired) electrons. The van der Waals surface area contributed by atoms with Gasteiger partial charge >= 0.3 is 0 Å². The van der Waals surface area contributed by atoms with E-state index in [-0.39, 0.29) is 19.1 Å². The number of ether oxygens (including phenoxy) is 2. The molecule has 0 aliphatic rings. The predicted octanol–water partition coefficient (Wildman–Crippen LogP) is 2.84. The Morgan fingerprint density at radius 1 is 1.15 bits per heavy atom. The van der Waals surface area contributed by atoms with Crippen LogP contribution in [0.3, 0.4) is 0 Å². The first-order valence-electron chi connectivity index (χ1n) is 8.23. The molecule has 6 heteroatoms. The highest BCUT2D eigenvalue weighted by Crippen LogP contribution is 2.27. The lowest BCUT2D eigenvalue weighted by molar-refractivity contribution is -0.124. The van der Waals surface area contributed by atoms with Crippen LogP contribution in [0, 0.1) is 0 Å². The Morgan fingerprint density at radius 2 is 1.92 bits per heavy atom. The summed E-state index contributed by atoms with van der Waals surface area (Å²) in [5.41, 5.74) is -0.638. The highest BCUT2D eigenvalue weighted by Gasteiger charge is 2.28. The molecule has 1 amide bonds. The Balaban J connectivity index is 1.55. The van der Waals surface area contributed by atoms with E-state index in [1.807, 2.05) is 24.3 Å². The minimum absolute atomic E-state index is 0.00707. The molecule has 3 aromatic rings. The van der Waals surface area contributed by atoms with Gasteiger partial charge in [0.2, 0.25) is 0 Å². The van der Waals surface area contributed by atoms with E-state index >= 15 is 0 Å². The average molecular weight is 355 g/mol. The van der Waals surface area contributed by atoms with Gasteiger partial charge in [0.1, 0.15) is 28.4 Å². The van der Waals surface area contributed by atoms with Crippen LogP contribution in [0.4, 0.5) is 0 Å². The van der Waals surface area contributed by atoms with E-state index in [4.69, 9.17) is 13.9 Å². The Kier molecular flexibility index (Phi) is 5.14. The number of hydrogen-bond acceptors (Lipinski definition) is 5. The van der Waals surface area contributed by atoms with Crippen molar-refractivity contribution >= 4 is 16.9 Å². The van der Waals surface area contributed by atoms with Gasteiger partial charge < -0.3 is 24.3 Å². The summed E-state index contributed by atoms with van der Waals surface area (Å²) in [6.07, 6.45) is 0. The molecule has 3 rings (SSSR count). The number of hydrogen-bond donors (Lipinski definition) is 2. The Labute approximate surface area is 151 Å². The number of para-hydroxylation sites is 1. The first-order chi connectivity index (χ1) is 12.5. The van der Waals surface area contributed by atoms with Crippen LogP contribution in [0.2, 0.25) is 0 Å². The van der Waals surface area contributed by atoms with Crippen LogP contribution in [0.25, 0.3) is 11.0 Å². The second-order valence-corrected chi connectivity index (χ2v) is 6.17. The lowest BCUT2D eigenvalue weighted by Gasteiger charge is -2.21. The first kappa shape index (κ1) is 17.8. The van der Waals surface area contributed by atoms with Crippen molar-refractivity contribution in [3.8, 4) is 11.5 Å². The molecule has 0 aliphatic carbocycles. The molecule has 136 valence electrons. The Bertz CT molecular complexity index is 867. The summed E-state index contributed by atoms with van der Waals surface area (Å²) in [7, 11) is 1.56. The van der Waals surface area contributed by atoms with Crippen molar-refractivity contribution in [2.24, 2.45) is 0 Å². The zero-order chi connectivity index (χ0) is 18.6. The highest BCUT2D eigenvalue weighted by molar-refractivity contribution is 5.78. The van der Waals surface area contributed by atoms with Gasteiger partial charge in [-0.15, -0.1) is 0 Å². The molecular formula is C20H21NO5. The van der Waals surface area contributed by atoms with Crippen LogP contribution in [-0.2, 0) is 10.4 Å². The second kappa shape index (κ2) is 7.49. The monoisotopic (exact) mass is 355 g/mol. The van der Waals surface area contributed by atoms with Crippen molar-refractivity contribution in [2.75, 3.05) is 20.3 Å². The molecule has 0 fully saturated rings. The second-order valence-electron chi connectivity index (χ2n) is 6.17. The van der Waals surface area contributed by atoms with Gasteiger partial charge in [-0.2, -0.15) is 0 Å². The quantitative estimate of drug-likeness (QED) is 0.681. The fourth-order valence-corrected chi connectivity index (χ4v) is 2.50. The molecule has 0 saturated carbocycles. The number of fused-ring (bicyclic) bond motifs is 1. The molecule has 0 saturated heterocycles. The van der Waals surface area contributed by atoms with E-state index in [0.29, 0.717) is 22.8 Å². The number of furan rings is 1. The minimum Gasteiger partial charge on any atom is -0.497 e. The zero-order valence-corrected chi connectivity index (χ0v) is 14.7. The number of amides is 1. The van der Waals surface area contributed by atoms with E-state index in [1.54, 1.807) is 44.4 Å². The summed E-state index contributed by atoms with van der Waals surface area (Å²) in [5, 5.41) is 14.2. The van der Waals surface area contributed by atoms with Crippen LogP contribution in [0.1, 0.15) is 12.7 Å².